The van der Waals surface area contributed by atoms with E-state index in [1.54, 1.807) is 0 Å². The Labute approximate surface area is 121 Å². The molecule has 0 amide bonds. The topological polar surface area (TPSA) is 29.9 Å². The molecule has 3 rings (SSSR count). The smallest absolute Gasteiger partial charge is 0.113 e. The largest absolute Gasteiger partial charge is 0.331 e. The van der Waals surface area contributed by atoms with Crippen molar-refractivity contribution in [1.29, 1.82) is 0 Å². The van der Waals surface area contributed by atoms with Crippen LogP contribution in [0.4, 0.5) is 0 Å². The highest BCUT2D eigenvalue weighted by atomic mass is 15.1. The number of nitrogens with one attached hydrogen (secondary N) is 1. The van der Waals surface area contributed by atoms with Gasteiger partial charge in [0.25, 0.3) is 0 Å². The van der Waals surface area contributed by atoms with E-state index in [-0.39, 0.29) is 0 Å². The number of hydrogen-bond donors (Lipinski definition) is 1. The summed E-state index contributed by atoms with van der Waals surface area (Å²) in [6, 6.07) is 6.62. The fraction of sp³-hybridized carbons (Fsp3) is 0.471. The predicted molar refractivity (Wildman–Crippen MR) is 83.0 cm³/mol. The number of aryl methyl sites for hydroxylation is 2. The molecule has 1 unspecified atom stereocenters. The van der Waals surface area contributed by atoms with Crippen LogP contribution in [0.1, 0.15) is 35.7 Å². The lowest BCUT2D eigenvalue weighted by Gasteiger charge is -2.22. The summed E-state index contributed by atoms with van der Waals surface area (Å²) >= 11 is 0. The lowest BCUT2D eigenvalue weighted by atomic mass is 9.98. The Morgan fingerprint density at radius 1 is 1.30 bits per heavy atom. The van der Waals surface area contributed by atoms with Crippen molar-refractivity contribution in [2.45, 2.75) is 32.6 Å². The quantitative estimate of drug-likeness (QED) is 0.907. The number of nitrogens with zero attached hydrogens (tertiary/aromatic N) is 2. The second-order valence-electron chi connectivity index (χ2n) is 5.92. The average molecular weight is 269 g/mol. The van der Waals surface area contributed by atoms with Crippen molar-refractivity contribution in [2.24, 2.45) is 7.05 Å². The van der Waals surface area contributed by atoms with Gasteiger partial charge in [-0.3, -0.25) is 0 Å². The zero-order valence-corrected chi connectivity index (χ0v) is 12.6. The summed E-state index contributed by atoms with van der Waals surface area (Å²) in [5.41, 5.74) is 5.14. The van der Waals surface area contributed by atoms with Crippen LogP contribution in [0.3, 0.4) is 0 Å². The number of aromatic nitrogens is 2. The summed E-state index contributed by atoms with van der Waals surface area (Å²) in [4.78, 5) is 4.71. The maximum Gasteiger partial charge on any atom is 0.113 e. The molecule has 20 heavy (non-hydrogen) atoms. The molecule has 0 spiro atoms. The first-order chi connectivity index (χ1) is 9.66. The molecule has 1 fully saturated rings. The lowest BCUT2D eigenvalue weighted by molar-refractivity contribution is 0.439. The van der Waals surface area contributed by atoms with Crippen LogP contribution in [0, 0.1) is 13.8 Å². The van der Waals surface area contributed by atoms with Gasteiger partial charge < -0.3 is 9.88 Å². The van der Waals surface area contributed by atoms with Crippen molar-refractivity contribution in [3.63, 3.8) is 0 Å². The Bertz CT molecular complexity index is 607. The van der Waals surface area contributed by atoms with E-state index in [1.165, 1.54) is 41.1 Å². The van der Waals surface area contributed by atoms with Gasteiger partial charge in [0.2, 0.25) is 0 Å². The molecule has 106 valence electrons. The number of hydrogen-bond acceptors (Lipinski definition) is 2. The van der Waals surface area contributed by atoms with Crippen LogP contribution in [0.25, 0.3) is 11.3 Å². The molecule has 0 aliphatic carbocycles. The summed E-state index contributed by atoms with van der Waals surface area (Å²) in [5.74, 6) is 1.76. The van der Waals surface area contributed by atoms with E-state index < -0.39 is 0 Å². The highest BCUT2D eigenvalue weighted by molar-refractivity contribution is 5.64. The van der Waals surface area contributed by atoms with E-state index >= 15 is 0 Å². The summed E-state index contributed by atoms with van der Waals surface area (Å²) in [6.07, 6.45) is 4.52. The molecule has 1 atom stereocenters. The first-order valence-corrected chi connectivity index (χ1v) is 7.47. The van der Waals surface area contributed by atoms with Crippen LogP contribution >= 0.6 is 0 Å². The van der Waals surface area contributed by atoms with Gasteiger partial charge in [-0.1, -0.05) is 17.7 Å². The van der Waals surface area contributed by atoms with Crippen molar-refractivity contribution in [2.75, 3.05) is 13.1 Å². The molecule has 3 nitrogen and oxygen atoms in total. The molecule has 2 aromatic rings. The zero-order valence-electron chi connectivity index (χ0n) is 12.6. The van der Waals surface area contributed by atoms with E-state index in [1.807, 2.05) is 6.20 Å². The molecule has 0 saturated carbocycles. The van der Waals surface area contributed by atoms with Gasteiger partial charge in [-0.2, -0.15) is 0 Å². The van der Waals surface area contributed by atoms with Gasteiger partial charge in [0, 0.05) is 25.1 Å². The van der Waals surface area contributed by atoms with Crippen molar-refractivity contribution in [1.82, 2.24) is 14.9 Å². The molecule has 2 heterocycles. The number of rotatable bonds is 2. The first-order valence-electron chi connectivity index (χ1n) is 7.47. The number of piperidine rings is 1. The second kappa shape index (κ2) is 5.41. The number of imidazole rings is 1. The van der Waals surface area contributed by atoms with E-state index in [4.69, 9.17) is 4.98 Å². The third kappa shape index (κ3) is 2.38. The molecule has 0 radical (unpaired) electrons. The van der Waals surface area contributed by atoms with Crippen LogP contribution in [0.5, 0.6) is 0 Å². The standard InChI is InChI=1S/C17H23N3/c1-12-6-7-13(2)15(9-12)16-11-19-17(20(16)3)14-5-4-8-18-10-14/h6-7,9,11,14,18H,4-5,8,10H2,1-3H3. The van der Waals surface area contributed by atoms with Crippen molar-refractivity contribution < 1.29 is 0 Å². The Morgan fingerprint density at radius 3 is 2.90 bits per heavy atom. The summed E-state index contributed by atoms with van der Waals surface area (Å²) < 4.78 is 2.28. The molecule has 1 aromatic heterocycles. The molecule has 1 aromatic carbocycles. The molecule has 3 heteroatoms. The van der Waals surface area contributed by atoms with E-state index in [0.29, 0.717) is 5.92 Å². The molecule has 0 bridgehead atoms. The van der Waals surface area contributed by atoms with Crippen LogP contribution in [-0.4, -0.2) is 22.6 Å². The van der Waals surface area contributed by atoms with Crippen molar-refractivity contribution in [3.05, 3.63) is 41.3 Å². The van der Waals surface area contributed by atoms with Crippen LogP contribution < -0.4 is 5.32 Å². The maximum atomic E-state index is 4.71. The van der Waals surface area contributed by atoms with Crippen LogP contribution in [0.2, 0.25) is 0 Å². The molecular weight excluding hydrogens is 246 g/mol. The average Bonchev–Trinajstić information content (AvgIpc) is 2.84. The van der Waals surface area contributed by atoms with Gasteiger partial charge in [0.1, 0.15) is 5.82 Å². The molecule has 1 N–H and O–H groups in total. The third-order valence-electron chi connectivity index (χ3n) is 4.36. The van der Waals surface area contributed by atoms with E-state index in [0.717, 1.165) is 13.1 Å². The maximum absolute atomic E-state index is 4.71. The van der Waals surface area contributed by atoms with Crippen LogP contribution in [0.15, 0.2) is 24.4 Å². The van der Waals surface area contributed by atoms with Gasteiger partial charge >= 0.3 is 0 Å². The lowest BCUT2D eigenvalue weighted by Crippen LogP contribution is -2.29. The number of benzene rings is 1. The summed E-state index contributed by atoms with van der Waals surface area (Å²) in [7, 11) is 2.15. The monoisotopic (exact) mass is 269 g/mol. The molecule has 1 aliphatic heterocycles. The zero-order chi connectivity index (χ0) is 14.1. The normalized spacial score (nSPS) is 19.2. The Kier molecular flexibility index (Phi) is 3.62. The van der Waals surface area contributed by atoms with Crippen molar-refractivity contribution in [3.8, 4) is 11.3 Å². The van der Waals surface area contributed by atoms with Gasteiger partial charge in [-0.25, -0.2) is 4.98 Å². The Hall–Kier alpha value is -1.61. The van der Waals surface area contributed by atoms with Crippen LogP contribution in [-0.2, 0) is 7.05 Å². The minimum atomic E-state index is 0.549. The summed E-state index contributed by atoms with van der Waals surface area (Å²) in [6.45, 7) is 6.51. The fourth-order valence-corrected chi connectivity index (χ4v) is 3.14. The minimum Gasteiger partial charge on any atom is -0.331 e. The highest BCUT2D eigenvalue weighted by Gasteiger charge is 2.21. The Balaban J connectivity index is 1.99. The fourth-order valence-electron chi connectivity index (χ4n) is 3.14. The SMILES string of the molecule is Cc1ccc(C)c(-c2cnc(C3CCCNC3)n2C)c1. The highest BCUT2D eigenvalue weighted by Crippen LogP contribution is 2.29. The predicted octanol–water partition coefficient (Wildman–Crippen LogP) is 3.17. The first kappa shape index (κ1) is 13.4. The minimum absolute atomic E-state index is 0.549. The second-order valence-corrected chi connectivity index (χ2v) is 5.92. The Morgan fingerprint density at radius 2 is 2.15 bits per heavy atom. The molecular formula is C17H23N3. The van der Waals surface area contributed by atoms with Gasteiger partial charge in [-0.05, 0) is 44.9 Å². The van der Waals surface area contributed by atoms with E-state index in [9.17, 15) is 0 Å². The van der Waals surface area contributed by atoms with Crippen molar-refractivity contribution >= 4 is 0 Å². The van der Waals surface area contributed by atoms with E-state index in [2.05, 4.69) is 49.0 Å². The van der Waals surface area contributed by atoms with Gasteiger partial charge in [-0.15, -0.1) is 0 Å². The molecule has 1 aliphatic rings. The molecule has 1 saturated heterocycles. The third-order valence-corrected chi connectivity index (χ3v) is 4.36. The van der Waals surface area contributed by atoms with Gasteiger partial charge in [0.05, 0.1) is 11.9 Å². The summed E-state index contributed by atoms with van der Waals surface area (Å²) in [5, 5.41) is 3.48. The van der Waals surface area contributed by atoms with Gasteiger partial charge in [0.15, 0.2) is 0 Å².